The van der Waals surface area contributed by atoms with Crippen molar-refractivity contribution in [2.24, 2.45) is 0 Å². The third kappa shape index (κ3) is 4.46. The van der Waals surface area contributed by atoms with E-state index in [1.54, 1.807) is 13.8 Å². The van der Waals surface area contributed by atoms with Crippen LogP contribution in [-0.4, -0.2) is 23.4 Å². The van der Waals surface area contributed by atoms with Gasteiger partial charge in [0.2, 0.25) is 0 Å². The molecule has 0 saturated carbocycles. The van der Waals surface area contributed by atoms with E-state index in [-0.39, 0.29) is 24.6 Å². The highest BCUT2D eigenvalue weighted by atomic mass is 79.9. The van der Waals surface area contributed by atoms with Crippen LogP contribution in [0.1, 0.15) is 36.2 Å². The molecule has 3 nitrogen and oxygen atoms in total. The molecule has 0 bridgehead atoms. The Hall–Kier alpha value is -1.55. The van der Waals surface area contributed by atoms with Gasteiger partial charge in [0.05, 0.1) is 23.6 Å². The second-order valence-electron chi connectivity index (χ2n) is 4.69. The van der Waals surface area contributed by atoms with Gasteiger partial charge in [0, 0.05) is 17.1 Å². The number of halogens is 4. The van der Waals surface area contributed by atoms with E-state index >= 15 is 0 Å². The first-order chi connectivity index (χ1) is 9.68. The highest BCUT2D eigenvalue weighted by Crippen LogP contribution is 2.32. The van der Waals surface area contributed by atoms with Crippen LogP contribution in [-0.2, 0) is 6.18 Å². The largest absolute Gasteiger partial charge is 0.416 e. The van der Waals surface area contributed by atoms with Crippen molar-refractivity contribution in [3.8, 4) is 6.07 Å². The number of nitriles is 1. The third-order valence-electron chi connectivity index (χ3n) is 2.87. The van der Waals surface area contributed by atoms with Crippen LogP contribution in [0.4, 0.5) is 13.2 Å². The van der Waals surface area contributed by atoms with Crippen molar-refractivity contribution in [1.29, 1.82) is 5.26 Å². The predicted molar refractivity (Wildman–Crippen MR) is 75.5 cm³/mol. The number of nitrogens with zero attached hydrogens (tertiary/aromatic N) is 2. The van der Waals surface area contributed by atoms with Gasteiger partial charge in [0.25, 0.3) is 5.91 Å². The Kier molecular flexibility index (Phi) is 5.78. The first-order valence-electron chi connectivity index (χ1n) is 6.23. The van der Waals surface area contributed by atoms with Gasteiger partial charge in [-0.1, -0.05) is 0 Å². The number of amides is 1. The Morgan fingerprint density at radius 2 is 2.05 bits per heavy atom. The lowest BCUT2D eigenvalue weighted by Gasteiger charge is -2.26. The van der Waals surface area contributed by atoms with Crippen molar-refractivity contribution in [2.75, 3.05) is 6.54 Å². The van der Waals surface area contributed by atoms with Crippen LogP contribution in [0.2, 0.25) is 0 Å². The molecule has 0 heterocycles. The van der Waals surface area contributed by atoms with Crippen LogP contribution in [0.15, 0.2) is 22.7 Å². The topological polar surface area (TPSA) is 44.1 Å². The monoisotopic (exact) mass is 362 g/mol. The number of hydrogen-bond donors (Lipinski definition) is 0. The summed E-state index contributed by atoms with van der Waals surface area (Å²) in [5.74, 6) is -0.529. The van der Waals surface area contributed by atoms with E-state index < -0.39 is 17.6 Å². The molecule has 0 spiro atoms. The molecule has 0 fully saturated rings. The third-order valence-corrected chi connectivity index (χ3v) is 3.56. The van der Waals surface area contributed by atoms with Crippen LogP contribution in [0.3, 0.4) is 0 Å². The fourth-order valence-electron chi connectivity index (χ4n) is 1.78. The maximum absolute atomic E-state index is 12.7. The summed E-state index contributed by atoms with van der Waals surface area (Å²) in [5, 5.41) is 8.61. The molecule has 0 unspecified atom stereocenters. The van der Waals surface area contributed by atoms with Crippen LogP contribution >= 0.6 is 15.9 Å². The molecule has 21 heavy (non-hydrogen) atoms. The van der Waals surface area contributed by atoms with Crippen LogP contribution < -0.4 is 0 Å². The van der Waals surface area contributed by atoms with E-state index in [9.17, 15) is 18.0 Å². The smallest absolute Gasteiger partial charge is 0.335 e. The minimum Gasteiger partial charge on any atom is -0.335 e. The zero-order valence-corrected chi connectivity index (χ0v) is 13.1. The van der Waals surface area contributed by atoms with Gasteiger partial charge in [-0.25, -0.2) is 0 Å². The molecule has 0 aromatic heterocycles. The maximum Gasteiger partial charge on any atom is 0.416 e. The predicted octanol–water partition coefficient (Wildman–Crippen LogP) is 4.23. The second-order valence-corrected chi connectivity index (χ2v) is 5.55. The molecule has 1 aromatic carbocycles. The van der Waals surface area contributed by atoms with Crippen LogP contribution in [0, 0.1) is 11.3 Å². The van der Waals surface area contributed by atoms with Crippen molar-refractivity contribution in [2.45, 2.75) is 32.5 Å². The Morgan fingerprint density at radius 3 is 2.52 bits per heavy atom. The van der Waals surface area contributed by atoms with Crippen molar-refractivity contribution < 1.29 is 18.0 Å². The number of benzene rings is 1. The van der Waals surface area contributed by atoms with Gasteiger partial charge in [-0.3, -0.25) is 4.79 Å². The summed E-state index contributed by atoms with van der Waals surface area (Å²) in [7, 11) is 0. The quantitative estimate of drug-likeness (QED) is 0.804. The Morgan fingerprint density at radius 1 is 1.43 bits per heavy atom. The number of alkyl halides is 3. The maximum atomic E-state index is 12.7. The van der Waals surface area contributed by atoms with Gasteiger partial charge in [-0.2, -0.15) is 18.4 Å². The zero-order chi connectivity index (χ0) is 16.2. The van der Waals surface area contributed by atoms with E-state index in [0.717, 1.165) is 12.1 Å². The summed E-state index contributed by atoms with van der Waals surface area (Å²) in [4.78, 5) is 13.8. The molecular weight excluding hydrogens is 349 g/mol. The minimum atomic E-state index is -4.51. The van der Waals surface area contributed by atoms with E-state index in [2.05, 4.69) is 15.9 Å². The molecule has 7 heteroatoms. The second kappa shape index (κ2) is 6.94. The highest BCUT2D eigenvalue weighted by molar-refractivity contribution is 9.10. The molecule has 0 aliphatic heterocycles. The molecule has 1 amide bonds. The van der Waals surface area contributed by atoms with Gasteiger partial charge in [0.1, 0.15) is 0 Å². The van der Waals surface area contributed by atoms with E-state index in [4.69, 9.17) is 5.26 Å². The lowest BCUT2D eigenvalue weighted by molar-refractivity contribution is -0.137. The average Bonchev–Trinajstić information content (AvgIpc) is 2.37. The summed E-state index contributed by atoms with van der Waals surface area (Å²) in [5.41, 5.74) is -0.936. The van der Waals surface area contributed by atoms with E-state index in [1.807, 2.05) is 6.07 Å². The van der Waals surface area contributed by atoms with Crippen molar-refractivity contribution in [3.05, 3.63) is 33.8 Å². The first kappa shape index (κ1) is 17.5. The lowest BCUT2D eigenvalue weighted by atomic mass is 10.1. The average molecular weight is 363 g/mol. The number of carbonyl (C=O) groups is 1. The van der Waals surface area contributed by atoms with Crippen molar-refractivity contribution in [1.82, 2.24) is 4.90 Å². The molecule has 114 valence electrons. The van der Waals surface area contributed by atoms with Gasteiger partial charge in [-0.05, 0) is 48.0 Å². The normalized spacial score (nSPS) is 11.3. The first-order valence-corrected chi connectivity index (χ1v) is 7.02. The Balaban J connectivity index is 3.18. The lowest BCUT2D eigenvalue weighted by Crippen LogP contribution is -2.38. The van der Waals surface area contributed by atoms with E-state index in [1.165, 1.54) is 11.0 Å². The molecule has 1 aromatic rings. The van der Waals surface area contributed by atoms with Gasteiger partial charge >= 0.3 is 6.18 Å². The Bertz CT molecular complexity index is 564. The van der Waals surface area contributed by atoms with Crippen molar-refractivity contribution >= 4 is 21.8 Å². The summed E-state index contributed by atoms with van der Waals surface area (Å²) >= 11 is 3.10. The molecule has 0 radical (unpaired) electrons. The van der Waals surface area contributed by atoms with E-state index in [0.29, 0.717) is 4.47 Å². The number of carbonyl (C=O) groups excluding carboxylic acids is 1. The molecule has 1 rings (SSSR count). The minimum absolute atomic E-state index is 0.0588. The number of hydrogen-bond acceptors (Lipinski definition) is 2. The van der Waals surface area contributed by atoms with Crippen molar-refractivity contribution in [3.63, 3.8) is 0 Å². The molecule has 0 atom stereocenters. The van der Waals surface area contributed by atoms with Gasteiger partial charge in [-0.15, -0.1) is 0 Å². The SMILES string of the molecule is CC(C)N(CCC#N)C(=O)c1cc(C(F)(F)F)ccc1Br. The summed E-state index contributed by atoms with van der Waals surface area (Å²) in [6, 6.07) is 4.66. The Labute approximate surface area is 129 Å². The zero-order valence-electron chi connectivity index (χ0n) is 11.5. The molecule has 0 aliphatic carbocycles. The number of rotatable bonds is 4. The summed E-state index contributed by atoms with van der Waals surface area (Å²) < 4.78 is 38.5. The standard InChI is InChI=1S/C14H14BrF3N2O/c1-9(2)20(7-3-6-19)13(21)11-8-10(14(16,17)18)4-5-12(11)15/h4-5,8-9H,3,7H2,1-2H3. The van der Waals surface area contributed by atoms with Crippen LogP contribution in [0.5, 0.6) is 0 Å². The molecule has 0 N–H and O–H groups in total. The van der Waals surface area contributed by atoms with Gasteiger partial charge < -0.3 is 4.90 Å². The highest BCUT2D eigenvalue weighted by Gasteiger charge is 2.32. The molecule has 0 saturated heterocycles. The fourth-order valence-corrected chi connectivity index (χ4v) is 2.20. The molecule has 0 aliphatic rings. The van der Waals surface area contributed by atoms with Crippen LogP contribution in [0.25, 0.3) is 0 Å². The summed E-state index contributed by atoms with van der Waals surface area (Å²) in [6.45, 7) is 3.67. The summed E-state index contributed by atoms with van der Waals surface area (Å²) in [6.07, 6.45) is -4.38. The van der Waals surface area contributed by atoms with Gasteiger partial charge in [0.15, 0.2) is 0 Å². The molecular formula is C14H14BrF3N2O. The fraction of sp³-hybridized carbons (Fsp3) is 0.429.